The fraction of sp³-hybridized carbons (Fsp3) is 0.385. The number of amides is 2. The number of halogens is 1. The third kappa shape index (κ3) is 6.92. The maximum Gasteiger partial charge on any atom is 0.237 e. The molecule has 5 N–H and O–H groups in total. The summed E-state index contributed by atoms with van der Waals surface area (Å²) in [6, 6.07) is 15.8. The third-order valence-electron chi connectivity index (χ3n) is 10.8. The molecule has 4 aliphatic heterocycles. The van der Waals surface area contributed by atoms with Crippen LogP contribution in [0, 0.1) is 22.1 Å². The molecule has 0 bridgehead atoms. The molecule has 52 heavy (non-hydrogen) atoms. The Kier molecular flexibility index (Phi) is 9.87. The largest absolute Gasteiger partial charge is 0.397 e. The number of nitrogen functional groups attached to an aromatic ring is 1. The van der Waals surface area contributed by atoms with Crippen molar-refractivity contribution in [1.29, 1.82) is 10.8 Å². The quantitative estimate of drug-likeness (QED) is 0.193. The van der Waals surface area contributed by atoms with Crippen molar-refractivity contribution in [3.05, 3.63) is 88.9 Å². The maximum absolute atomic E-state index is 14.7. The molecule has 3 aromatic rings. The van der Waals surface area contributed by atoms with Gasteiger partial charge in [-0.3, -0.25) is 30.2 Å². The molecule has 13 heteroatoms. The molecule has 0 aliphatic carbocycles. The lowest BCUT2D eigenvalue weighted by Gasteiger charge is -2.29. The first-order valence-electron chi connectivity index (χ1n) is 18.0. The Balaban J connectivity index is 0.963. The van der Waals surface area contributed by atoms with Crippen LogP contribution >= 0.6 is 0 Å². The van der Waals surface area contributed by atoms with Gasteiger partial charge in [-0.1, -0.05) is 30.3 Å². The van der Waals surface area contributed by atoms with Crippen LogP contribution in [0.5, 0.6) is 0 Å². The summed E-state index contributed by atoms with van der Waals surface area (Å²) in [5.41, 5.74) is 10.4. The van der Waals surface area contributed by atoms with Crippen molar-refractivity contribution in [2.24, 2.45) is 10.4 Å². The second-order valence-electron chi connectivity index (χ2n) is 14.1. The van der Waals surface area contributed by atoms with Gasteiger partial charge in [0, 0.05) is 57.4 Å². The lowest BCUT2D eigenvalue weighted by atomic mass is 9.85. The van der Waals surface area contributed by atoms with E-state index in [1.807, 2.05) is 34.1 Å². The summed E-state index contributed by atoms with van der Waals surface area (Å²) in [5.74, 6) is 0.351. The molecule has 1 atom stereocenters. The second-order valence-corrected chi connectivity index (χ2v) is 14.1. The number of nitrogens with zero attached hydrogens (tertiary/aromatic N) is 6. The first kappa shape index (κ1) is 35.0. The average Bonchev–Trinajstić information content (AvgIpc) is 3.92. The summed E-state index contributed by atoms with van der Waals surface area (Å²) >= 11 is 0. The molecule has 2 aromatic carbocycles. The van der Waals surface area contributed by atoms with Gasteiger partial charge in [0.25, 0.3) is 0 Å². The molecule has 0 unspecified atom stereocenters. The van der Waals surface area contributed by atoms with Gasteiger partial charge in [0.2, 0.25) is 11.8 Å². The van der Waals surface area contributed by atoms with Crippen LogP contribution in [0.4, 0.5) is 21.6 Å². The first-order valence-corrected chi connectivity index (χ1v) is 18.0. The number of rotatable bonds is 9. The number of hydrogen-bond acceptors (Lipinski definition) is 8. The summed E-state index contributed by atoms with van der Waals surface area (Å²) in [6.45, 7) is 4.64. The molecular formula is C39H45FN10O2. The molecule has 0 radical (unpaired) electrons. The van der Waals surface area contributed by atoms with E-state index in [2.05, 4.69) is 21.3 Å². The average molecular weight is 705 g/mol. The summed E-state index contributed by atoms with van der Waals surface area (Å²) in [6.07, 6.45) is 7.66. The Morgan fingerprint density at radius 3 is 2.50 bits per heavy atom. The van der Waals surface area contributed by atoms with Crippen LogP contribution in [-0.4, -0.2) is 104 Å². The molecular weight excluding hydrogens is 659 g/mol. The number of amidine groups is 1. The van der Waals surface area contributed by atoms with Crippen molar-refractivity contribution in [3.8, 4) is 0 Å². The summed E-state index contributed by atoms with van der Waals surface area (Å²) in [4.78, 5) is 43.8. The van der Waals surface area contributed by atoms with Crippen molar-refractivity contribution in [3.63, 3.8) is 0 Å². The summed E-state index contributed by atoms with van der Waals surface area (Å²) < 4.78 is 14.7. The highest BCUT2D eigenvalue weighted by Crippen LogP contribution is 2.42. The molecule has 270 valence electrons. The van der Waals surface area contributed by atoms with E-state index in [1.165, 1.54) is 18.0 Å². The first-order chi connectivity index (χ1) is 25.2. The van der Waals surface area contributed by atoms with Gasteiger partial charge in [0.05, 0.1) is 35.4 Å². The highest BCUT2D eigenvalue weighted by molar-refractivity contribution is 6.13. The van der Waals surface area contributed by atoms with Crippen LogP contribution in [-0.2, 0) is 9.59 Å². The van der Waals surface area contributed by atoms with Crippen molar-refractivity contribution in [2.45, 2.75) is 32.1 Å². The van der Waals surface area contributed by atoms with E-state index in [-0.39, 0.29) is 41.4 Å². The molecule has 0 saturated carbocycles. The Morgan fingerprint density at radius 1 is 1.02 bits per heavy atom. The maximum atomic E-state index is 14.7. The molecule has 4 aliphatic rings. The zero-order valence-electron chi connectivity index (χ0n) is 29.5. The number of nitrogens with two attached hydrogens (primary N) is 1. The number of benzene rings is 2. The molecule has 1 aromatic heterocycles. The number of likely N-dealkylation sites (tertiary alicyclic amines) is 1. The standard InChI is InChI=1S/C39H45FN10O2/c1-44-25-45-37(43)28-6-4-26(5-7-28)27-12-18-49(19-13-27)34(51)23-47-20-14-39(24-47)15-21-50(38(39)52)33-11-10-31(41)36(46-33)35(42)29-8-9-30(40)32(22-29)48-16-2-3-17-48/h4-12,22,25,42H,2-3,13-21,23-24,41H2,1H3,(H2,43,44,45)/t39-/m0/s1. The monoisotopic (exact) mass is 704 g/mol. The van der Waals surface area contributed by atoms with Gasteiger partial charge in [-0.2, -0.15) is 0 Å². The molecule has 3 saturated heterocycles. The van der Waals surface area contributed by atoms with Crippen molar-refractivity contribution < 1.29 is 14.0 Å². The number of anilines is 3. The number of hydrogen-bond donors (Lipinski definition) is 4. The predicted molar refractivity (Wildman–Crippen MR) is 203 cm³/mol. The van der Waals surface area contributed by atoms with Crippen molar-refractivity contribution in [2.75, 3.05) is 74.9 Å². The smallest absolute Gasteiger partial charge is 0.237 e. The van der Waals surface area contributed by atoms with E-state index < -0.39 is 5.41 Å². The van der Waals surface area contributed by atoms with E-state index in [0.717, 1.165) is 43.5 Å². The normalized spacial score (nSPS) is 20.7. The Bertz CT molecular complexity index is 1950. The Morgan fingerprint density at radius 2 is 1.77 bits per heavy atom. The van der Waals surface area contributed by atoms with E-state index in [0.29, 0.717) is 68.3 Å². The lowest BCUT2D eigenvalue weighted by Crippen LogP contribution is -2.43. The van der Waals surface area contributed by atoms with Crippen LogP contribution in [0.25, 0.3) is 5.57 Å². The van der Waals surface area contributed by atoms with E-state index in [4.69, 9.17) is 21.5 Å². The lowest BCUT2D eigenvalue weighted by molar-refractivity contribution is -0.132. The van der Waals surface area contributed by atoms with Crippen molar-refractivity contribution >= 4 is 52.5 Å². The van der Waals surface area contributed by atoms with Gasteiger partial charge in [-0.05, 0) is 80.1 Å². The van der Waals surface area contributed by atoms with E-state index >= 15 is 0 Å². The highest BCUT2D eigenvalue weighted by Gasteiger charge is 2.51. The van der Waals surface area contributed by atoms with E-state index in [9.17, 15) is 14.0 Å². The fourth-order valence-corrected chi connectivity index (χ4v) is 7.82. The molecule has 2 amide bonds. The summed E-state index contributed by atoms with van der Waals surface area (Å²) in [5, 5.41) is 19.8. The molecule has 12 nitrogen and oxygen atoms in total. The van der Waals surface area contributed by atoms with Gasteiger partial charge in [0.1, 0.15) is 17.3 Å². The second kappa shape index (κ2) is 14.7. The molecule has 7 rings (SSSR count). The minimum atomic E-state index is -0.589. The number of aromatic nitrogens is 1. The van der Waals surface area contributed by atoms with Crippen molar-refractivity contribution in [1.82, 2.24) is 20.1 Å². The van der Waals surface area contributed by atoms with Gasteiger partial charge in [0.15, 0.2) is 5.84 Å². The van der Waals surface area contributed by atoms with Crippen LogP contribution < -0.4 is 20.9 Å². The number of carbonyl (C=O) groups is 2. The van der Waals surface area contributed by atoms with E-state index in [1.54, 1.807) is 36.2 Å². The molecule has 5 heterocycles. The van der Waals surface area contributed by atoms with Gasteiger partial charge in [-0.25, -0.2) is 14.4 Å². The molecule has 1 spiro atoms. The zero-order valence-corrected chi connectivity index (χ0v) is 29.5. The minimum Gasteiger partial charge on any atom is -0.397 e. The van der Waals surface area contributed by atoms with Gasteiger partial charge in [-0.15, -0.1) is 0 Å². The van der Waals surface area contributed by atoms with Crippen LogP contribution in [0.3, 0.4) is 0 Å². The van der Waals surface area contributed by atoms with Crippen LogP contribution in [0.15, 0.2) is 65.7 Å². The predicted octanol–water partition coefficient (Wildman–Crippen LogP) is 4.14. The topological polar surface area (TPSA) is 158 Å². The Hall–Kier alpha value is -5.43. The highest BCUT2D eigenvalue weighted by atomic mass is 19.1. The zero-order chi connectivity index (χ0) is 36.4. The SMILES string of the molecule is CN/C=N\C(=N)c1ccc(C2=CCN(C(=O)CN3CC[C@]4(CCN(c5ccc(N)c(C(=N)c6ccc(F)c(N7CCCC7)c6)n5)C4=O)C3)CC2)cc1. The number of carbonyl (C=O) groups excluding carboxylic acids is 2. The third-order valence-corrected chi connectivity index (χ3v) is 10.8. The number of pyridine rings is 1. The summed E-state index contributed by atoms with van der Waals surface area (Å²) in [7, 11) is 1.74. The van der Waals surface area contributed by atoms with Crippen LogP contribution in [0.2, 0.25) is 0 Å². The number of aliphatic imine (C=N–C) groups is 1. The van der Waals surface area contributed by atoms with Gasteiger partial charge >= 0.3 is 0 Å². The van der Waals surface area contributed by atoms with Gasteiger partial charge < -0.3 is 20.9 Å². The van der Waals surface area contributed by atoms with Crippen LogP contribution in [0.1, 0.15) is 54.5 Å². The molecule has 3 fully saturated rings. The fourth-order valence-electron chi connectivity index (χ4n) is 7.82. The number of nitrogens with one attached hydrogen (secondary N) is 3. The Labute approximate surface area is 303 Å². The minimum absolute atomic E-state index is 0.0177.